The van der Waals surface area contributed by atoms with Crippen LogP contribution in [-0.4, -0.2) is 15.6 Å². The third kappa shape index (κ3) is 6.13. The molecule has 0 saturated carbocycles. The summed E-state index contributed by atoms with van der Waals surface area (Å²) in [4.78, 5) is 12.2. The van der Waals surface area contributed by atoms with Gasteiger partial charge in [0.05, 0.1) is 5.56 Å². The number of carbonyl (C=O) groups excluding carboxylic acids is 1. The summed E-state index contributed by atoms with van der Waals surface area (Å²) in [5, 5.41) is 9.24. The van der Waals surface area contributed by atoms with Gasteiger partial charge >= 0.3 is 0 Å². The number of amides is 1. The minimum absolute atomic E-state index is 0.00569. The molecule has 0 spiro atoms. The number of anilines is 3. The summed E-state index contributed by atoms with van der Waals surface area (Å²) in [6.45, 7) is 0. The fourth-order valence-electron chi connectivity index (χ4n) is 2.50. The molecule has 5 nitrogen and oxygen atoms in total. The second-order valence-corrected chi connectivity index (χ2v) is 6.90. The highest BCUT2D eigenvalue weighted by atomic mass is 127. The van der Waals surface area contributed by atoms with Crippen molar-refractivity contribution in [3.8, 4) is 5.75 Å². The van der Waals surface area contributed by atoms with Gasteiger partial charge in [0.1, 0.15) is 16.2 Å². The van der Waals surface area contributed by atoms with Crippen LogP contribution in [0.1, 0.15) is 10.4 Å². The van der Waals surface area contributed by atoms with Gasteiger partial charge in [0.25, 0.3) is 5.91 Å². The highest BCUT2D eigenvalue weighted by Crippen LogP contribution is 2.19. The van der Waals surface area contributed by atoms with Crippen molar-refractivity contribution in [2.24, 2.45) is 0 Å². The number of carbonyl (C=O) groups is 1. The Hall–Kier alpha value is -2.72. The van der Waals surface area contributed by atoms with E-state index in [1.165, 1.54) is 18.2 Å². The molecule has 1 amide bonds. The van der Waals surface area contributed by atoms with Crippen LogP contribution in [0.2, 0.25) is 0 Å². The van der Waals surface area contributed by atoms with Gasteiger partial charge in [-0.25, -0.2) is 4.39 Å². The Morgan fingerprint density at radius 3 is 2.24 bits per heavy atom. The van der Waals surface area contributed by atoms with Crippen LogP contribution < -0.4 is 20.7 Å². The Morgan fingerprint density at radius 1 is 0.897 bits per heavy atom. The van der Waals surface area contributed by atoms with E-state index in [9.17, 15) is 9.18 Å². The molecule has 0 atom stereocenters. The fraction of sp³-hybridized carbons (Fsp3) is 0.0476. The van der Waals surface area contributed by atoms with Crippen molar-refractivity contribution in [1.29, 1.82) is 0 Å². The summed E-state index contributed by atoms with van der Waals surface area (Å²) in [5.74, 6) is -0.315. The first kappa shape index (κ1) is 21.0. The lowest BCUT2D eigenvalue weighted by Gasteiger charge is -2.12. The number of nitrogens with one attached hydrogen (secondary N) is 3. The van der Waals surface area contributed by atoms with E-state index in [0.29, 0.717) is 15.4 Å². The van der Waals surface area contributed by atoms with Crippen LogP contribution >= 0.6 is 34.8 Å². The Labute approximate surface area is 186 Å². The Kier molecular flexibility index (Phi) is 7.36. The van der Waals surface area contributed by atoms with Crippen LogP contribution in [-0.2, 0) is 0 Å². The number of benzene rings is 3. The summed E-state index contributed by atoms with van der Waals surface area (Å²) in [7, 11) is 0. The molecule has 3 rings (SSSR count). The lowest BCUT2D eigenvalue weighted by molar-refractivity contribution is 0.102. The van der Waals surface area contributed by atoms with Crippen LogP contribution in [0.3, 0.4) is 0 Å². The third-order valence-electron chi connectivity index (χ3n) is 3.83. The van der Waals surface area contributed by atoms with Crippen molar-refractivity contribution >= 4 is 62.9 Å². The molecule has 0 heterocycles. The molecule has 0 fully saturated rings. The van der Waals surface area contributed by atoms with E-state index in [1.54, 1.807) is 30.3 Å². The van der Waals surface area contributed by atoms with E-state index in [2.05, 4.69) is 38.5 Å². The largest absolute Gasteiger partial charge is 0.483 e. The van der Waals surface area contributed by atoms with Gasteiger partial charge in [-0.2, -0.15) is 0 Å². The fourth-order valence-corrected chi connectivity index (χ4v) is 3.10. The van der Waals surface area contributed by atoms with Crippen molar-refractivity contribution in [3.05, 3.63) is 84.2 Å². The summed E-state index contributed by atoms with van der Waals surface area (Å²) < 4.78 is 19.7. The maximum atomic E-state index is 13.7. The Morgan fingerprint density at radius 2 is 1.55 bits per heavy atom. The zero-order valence-corrected chi connectivity index (χ0v) is 18.1. The number of hydrogen-bond acceptors (Lipinski definition) is 3. The number of alkyl halides is 1. The number of hydrogen-bond donors (Lipinski definition) is 3. The second kappa shape index (κ2) is 10.2. The molecule has 3 aromatic carbocycles. The molecule has 0 saturated heterocycles. The number of thiocarbonyl (C=S) groups is 1. The van der Waals surface area contributed by atoms with E-state index < -0.39 is 11.7 Å². The summed E-state index contributed by atoms with van der Waals surface area (Å²) >= 11 is 7.46. The maximum absolute atomic E-state index is 13.7. The lowest BCUT2D eigenvalue weighted by atomic mass is 10.2. The topological polar surface area (TPSA) is 62.4 Å². The molecule has 0 unspecified atom stereocenters. The van der Waals surface area contributed by atoms with Gasteiger partial charge in [-0.15, -0.1) is 0 Å². The standard InChI is InChI=1S/C21H17FIN3O2S/c22-19-7-2-1-6-18(19)20(27)24-14-8-10-15(11-9-14)25-21(29)26-16-4-3-5-17(12-16)28-13-23/h1-12H,13H2,(H,24,27)(H2,25,26,29). The average molecular weight is 521 g/mol. The van der Waals surface area contributed by atoms with Crippen LogP contribution in [0.5, 0.6) is 5.75 Å². The van der Waals surface area contributed by atoms with Crippen molar-refractivity contribution in [1.82, 2.24) is 0 Å². The summed E-state index contributed by atoms with van der Waals surface area (Å²) in [6, 6.07) is 20.3. The predicted octanol–water partition coefficient (Wildman–Crippen LogP) is 5.66. The van der Waals surface area contributed by atoms with E-state index >= 15 is 0 Å². The summed E-state index contributed by atoms with van der Waals surface area (Å²) in [6.07, 6.45) is 0. The number of ether oxygens (including phenoxy) is 1. The molecule has 0 aliphatic carbocycles. The highest BCUT2D eigenvalue weighted by molar-refractivity contribution is 14.1. The molecule has 0 bridgehead atoms. The molecule has 3 N–H and O–H groups in total. The molecular weight excluding hydrogens is 504 g/mol. The smallest absolute Gasteiger partial charge is 0.258 e. The van der Waals surface area contributed by atoms with E-state index in [4.69, 9.17) is 17.0 Å². The maximum Gasteiger partial charge on any atom is 0.258 e. The van der Waals surface area contributed by atoms with Gasteiger partial charge in [0, 0.05) is 23.1 Å². The lowest BCUT2D eigenvalue weighted by Crippen LogP contribution is -2.19. The molecule has 148 valence electrons. The van der Waals surface area contributed by atoms with E-state index in [1.807, 2.05) is 24.3 Å². The van der Waals surface area contributed by atoms with Gasteiger partial charge in [-0.3, -0.25) is 4.79 Å². The zero-order valence-electron chi connectivity index (χ0n) is 15.1. The van der Waals surface area contributed by atoms with Gasteiger partial charge in [0.2, 0.25) is 0 Å². The van der Waals surface area contributed by atoms with Crippen molar-refractivity contribution in [2.75, 3.05) is 20.6 Å². The van der Waals surface area contributed by atoms with Crippen LogP contribution in [0.15, 0.2) is 72.8 Å². The van der Waals surface area contributed by atoms with Crippen LogP contribution in [0.4, 0.5) is 21.5 Å². The van der Waals surface area contributed by atoms with Crippen molar-refractivity contribution in [2.45, 2.75) is 0 Å². The first-order valence-electron chi connectivity index (χ1n) is 8.58. The third-order valence-corrected chi connectivity index (χ3v) is 4.35. The minimum atomic E-state index is -0.562. The molecule has 8 heteroatoms. The molecular formula is C21H17FIN3O2S. The Balaban J connectivity index is 1.57. The second-order valence-electron chi connectivity index (χ2n) is 5.87. The molecule has 0 radical (unpaired) electrons. The molecule has 0 aliphatic heterocycles. The highest BCUT2D eigenvalue weighted by Gasteiger charge is 2.11. The average Bonchev–Trinajstić information content (AvgIpc) is 2.70. The van der Waals surface area contributed by atoms with Crippen molar-refractivity contribution < 1.29 is 13.9 Å². The van der Waals surface area contributed by atoms with E-state index in [0.717, 1.165) is 17.1 Å². The monoisotopic (exact) mass is 521 g/mol. The zero-order chi connectivity index (χ0) is 20.6. The predicted molar refractivity (Wildman–Crippen MR) is 127 cm³/mol. The summed E-state index contributed by atoms with van der Waals surface area (Å²) in [5.41, 5.74) is 2.09. The minimum Gasteiger partial charge on any atom is -0.483 e. The van der Waals surface area contributed by atoms with Gasteiger partial charge in [-0.1, -0.05) is 18.2 Å². The molecule has 29 heavy (non-hydrogen) atoms. The van der Waals surface area contributed by atoms with Crippen LogP contribution in [0, 0.1) is 5.82 Å². The molecule has 0 aromatic heterocycles. The quantitative estimate of drug-likeness (QED) is 0.222. The Bertz CT molecular complexity index is 1010. The first-order valence-corrected chi connectivity index (χ1v) is 10.5. The van der Waals surface area contributed by atoms with Gasteiger partial charge in [0.15, 0.2) is 5.11 Å². The molecule has 3 aromatic rings. The van der Waals surface area contributed by atoms with Gasteiger partial charge in [-0.05, 0) is 83.3 Å². The normalized spacial score (nSPS) is 10.1. The van der Waals surface area contributed by atoms with E-state index in [-0.39, 0.29) is 5.56 Å². The number of rotatable bonds is 6. The van der Waals surface area contributed by atoms with Crippen molar-refractivity contribution in [3.63, 3.8) is 0 Å². The number of halogens is 2. The SMILES string of the molecule is O=C(Nc1ccc(NC(=S)Nc2cccc(OCI)c2)cc1)c1ccccc1F. The first-order chi connectivity index (χ1) is 14.0. The van der Waals surface area contributed by atoms with Crippen LogP contribution in [0.25, 0.3) is 0 Å². The van der Waals surface area contributed by atoms with Gasteiger partial charge < -0.3 is 20.7 Å². The molecule has 0 aliphatic rings.